The molecule has 0 N–H and O–H groups in total. The summed E-state index contributed by atoms with van der Waals surface area (Å²) in [6.45, 7) is 4.05. The smallest absolute Gasteiger partial charge is 0.253 e. The second-order valence-electron chi connectivity index (χ2n) is 3.41. The van der Waals surface area contributed by atoms with Gasteiger partial charge in [-0.15, -0.1) is 10.2 Å². The number of nitrogens with zero attached hydrogens (tertiary/aromatic N) is 2. The molecule has 0 amide bonds. The van der Waals surface area contributed by atoms with Gasteiger partial charge in [-0.2, -0.15) is 0 Å². The van der Waals surface area contributed by atoms with Crippen LogP contribution in [0.4, 0.5) is 0 Å². The van der Waals surface area contributed by atoms with Crippen LogP contribution in [-0.2, 0) is 6.61 Å². The van der Waals surface area contributed by atoms with E-state index >= 15 is 0 Å². The summed E-state index contributed by atoms with van der Waals surface area (Å²) < 4.78 is 11.8. The van der Waals surface area contributed by atoms with Crippen molar-refractivity contribution in [2.24, 2.45) is 0 Å². The zero-order chi connectivity index (χ0) is 11.5. The minimum absolute atomic E-state index is 0.294. The Kier molecular flexibility index (Phi) is 3.24. The molecule has 1 aromatic carbocycles. The summed E-state index contributed by atoms with van der Waals surface area (Å²) in [6, 6.07) is 5.79. The molecule has 0 unspecified atom stereocenters. The second-order valence-corrected chi connectivity index (χ2v) is 4.27. The van der Waals surface area contributed by atoms with Crippen molar-refractivity contribution in [3.8, 4) is 5.75 Å². The van der Waals surface area contributed by atoms with Gasteiger partial charge >= 0.3 is 0 Å². The molecular formula is C11H11BrN2O2. The molecule has 0 aliphatic carbocycles. The number of hydrogen-bond donors (Lipinski definition) is 0. The van der Waals surface area contributed by atoms with E-state index < -0.39 is 0 Å². The van der Waals surface area contributed by atoms with E-state index in [9.17, 15) is 0 Å². The first-order valence-electron chi connectivity index (χ1n) is 4.83. The molecular weight excluding hydrogens is 272 g/mol. The van der Waals surface area contributed by atoms with Crippen LogP contribution in [0, 0.1) is 13.8 Å². The topological polar surface area (TPSA) is 48.2 Å². The minimum Gasteiger partial charge on any atom is -0.484 e. The first kappa shape index (κ1) is 11.1. The summed E-state index contributed by atoms with van der Waals surface area (Å²) in [6.07, 6.45) is 0. The fourth-order valence-corrected chi connectivity index (χ4v) is 1.49. The van der Waals surface area contributed by atoms with E-state index in [1.807, 2.05) is 25.1 Å². The largest absolute Gasteiger partial charge is 0.484 e. The second kappa shape index (κ2) is 4.65. The molecule has 0 atom stereocenters. The molecule has 0 radical (unpaired) electrons. The van der Waals surface area contributed by atoms with Gasteiger partial charge in [0.05, 0.1) is 0 Å². The Labute approximate surface area is 102 Å². The zero-order valence-electron chi connectivity index (χ0n) is 9.03. The number of aromatic nitrogens is 2. The van der Waals surface area contributed by atoms with Gasteiger partial charge < -0.3 is 9.15 Å². The molecule has 2 rings (SSSR count). The molecule has 1 aromatic heterocycles. The number of halogens is 1. The third kappa shape index (κ3) is 2.61. The van der Waals surface area contributed by atoms with Crippen molar-refractivity contribution in [1.29, 1.82) is 0 Å². The lowest BCUT2D eigenvalue weighted by molar-refractivity contribution is 0.260. The summed E-state index contributed by atoms with van der Waals surface area (Å²) in [5.74, 6) is 1.82. The highest BCUT2D eigenvalue weighted by Crippen LogP contribution is 2.22. The van der Waals surface area contributed by atoms with Gasteiger partial charge in [-0.25, -0.2) is 0 Å². The standard InChI is InChI=1S/C11H11BrN2O2/c1-7-5-9(3-4-10(7)12)15-6-11-14-13-8(2)16-11/h3-5H,6H2,1-2H3. The van der Waals surface area contributed by atoms with Crippen molar-refractivity contribution in [1.82, 2.24) is 10.2 Å². The monoisotopic (exact) mass is 282 g/mol. The van der Waals surface area contributed by atoms with E-state index in [0.717, 1.165) is 15.8 Å². The van der Waals surface area contributed by atoms with Crippen LogP contribution >= 0.6 is 15.9 Å². The molecule has 1 heterocycles. The van der Waals surface area contributed by atoms with E-state index in [1.165, 1.54) is 0 Å². The molecule has 2 aromatic rings. The molecule has 0 fully saturated rings. The predicted octanol–water partition coefficient (Wildman–Crippen LogP) is 3.03. The Morgan fingerprint density at radius 1 is 1.31 bits per heavy atom. The Morgan fingerprint density at radius 2 is 2.12 bits per heavy atom. The van der Waals surface area contributed by atoms with Crippen LogP contribution in [0.3, 0.4) is 0 Å². The van der Waals surface area contributed by atoms with Crippen molar-refractivity contribution < 1.29 is 9.15 Å². The normalized spacial score (nSPS) is 10.4. The van der Waals surface area contributed by atoms with Gasteiger partial charge in [0.1, 0.15) is 5.75 Å². The van der Waals surface area contributed by atoms with Gasteiger partial charge in [-0.05, 0) is 30.7 Å². The third-order valence-corrected chi connectivity index (χ3v) is 2.95. The highest BCUT2D eigenvalue weighted by molar-refractivity contribution is 9.10. The summed E-state index contributed by atoms with van der Waals surface area (Å²) in [7, 11) is 0. The molecule has 0 aliphatic rings. The molecule has 4 nitrogen and oxygen atoms in total. The quantitative estimate of drug-likeness (QED) is 0.868. The summed E-state index contributed by atoms with van der Waals surface area (Å²) >= 11 is 3.43. The molecule has 0 saturated carbocycles. The Bertz CT molecular complexity index is 496. The number of benzene rings is 1. The number of hydrogen-bond acceptors (Lipinski definition) is 4. The average molecular weight is 283 g/mol. The van der Waals surface area contributed by atoms with Gasteiger partial charge in [-0.1, -0.05) is 15.9 Å². The predicted molar refractivity (Wildman–Crippen MR) is 62.2 cm³/mol. The summed E-state index contributed by atoms with van der Waals surface area (Å²) in [5.41, 5.74) is 1.12. The SMILES string of the molecule is Cc1nnc(COc2ccc(Br)c(C)c2)o1. The first-order chi connectivity index (χ1) is 7.65. The van der Waals surface area contributed by atoms with Gasteiger partial charge in [0.2, 0.25) is 5.89 Å². The molecule has 0 saturated heterocycles. The van der Waals surface area contributed by atoms with Crippen molar-refractivity contribution in [3.63, 3.8) is 0 Å². The number of rotatable bonds is 3. The van der Waals surface area contributed by atoms with Crippen LogP contribution in [0.15, 0.2) is 27.1 Å². The lowest BCUT2D eigenvalue weighted by Gasteiger charge is -2.05. The van der Waals surface area contributed by atoms with E-state index in [-0.39, 0.29) is 0 Å². The third-order valence-electron chi connectivity index (χ3n) is 2.06. The maximum Gasteiger partial charge on any atom is 0.253 e. The Hall–Kier alpha value is -1.36. The van der Waals surface area contributed by atoms with Gasteiger partial charge in [-0.3, -0.25) is 0 Å². The van der Waals surface area contributed by atoms with Crippen LogP contribution in [0.1, 0.15) is 17.3 Å². The lowest BCUT2D eigenvalue weighted by Crippen LogP contribution is -1.96. The van der Waals surface area contributed by atoms with Crippen molar-refractivity contribution in [3.05, 3.63) is 40.0 Å². The highest BCUT2D eigenvalue weighted by atomic mass is 79.9. The van der Waals surface area contributed by atoms with Crippen molar-refractivity contribution in [2.75, 3.05) is 0 Å². The highest BCUT2D eigenvalue weighted by Gasteiger charge is 2.04. The molecule has 84 valence electrons. The minimum atomic E-state index is 0.294. The van der Waals surface area contributed by atoms with E-state index in [2.05, 4.69) is 26.1 Å². The number of ether oxygens (including phenoxy) is 1. The van der Waals surface area contributed by atoms with Crippen LogP contribution < -0.4 is 4.74 Å². The maximum absolute atomic E-state index is 5.52. The van der Waals surface area contributed by atoms with Crippen LogP contribution in [0.2, 0.25) is 0 Å². The molecule has 16 heavy (non-hydrogen) atoms. The summed E-state index contributed by atoms with van der Waals surface area (Å²) in [4.78, 5) is 0. The molecule has 0 aliphatic heterocycles. The first-order valence-corrected chi connectivity index (χ1v) is 5.62. The lowest BCUT2D eigenvalue weighted by atomic mass is 10.2. The van der Waals surface area contributed by atoms with Gasteiger partial charge in [0.15, 0.2) is 6.61 Å². The number of aryl methyl sites for hydroxylation is 2. The fraction of sp³-hybridized carbons (Fsp3) is 0.273. The maximum atomic E-state index is 5.52. The van der Waals surface area contributed by atoms with Crippen molar-refractivity contribution >= 4 is 15.9 Å². The molecule has 0 spiro atoms. The summed E-state index contributed by atoms with van der Waals surface area (Å²) in [5, 5.41) is 7.58. The Morgan fingerprint density at radius 3 is 2.75 bits per heavy atom. The van der Waals surface area contributed by atoms with Crippen molar-refractivity contribution in [2.45, 2.75) is 20.5 Å². The van der Waals surface area contributed by atoms with E-state index in [4.69, 9.17) is 9.15 Å². The van der Waals surface area contributed by atoms with Crippen LogP contribution in [0.25, 0.3) is 0 Å². The van der Waals surface area contributed by atoms with E-state index in [1.54, 1.807) is 6.92 Å². The van der Waals surface area contributed by atoms with E-state index in [0.29, 0.717) is 18.4 Å². The Balaban J connectivity index is 2.02. The molecule has 0 bridgehead atoms. The van der Waals surface area contributed by atoms with Crippen LogP contribution in [-0.4, -0.2) is 10.2 Å². The fourth-order valence-electron chi connectivity index (χ4n) is 1.25. The molecule has 5 heteroatoms. The van der Waals surface area contributed by atoms with Gasteiger partial charge in [0, 0.05) is 11.4 Å². The van der Waals surface area contributed by atoms with Crippen LogP contribution in [0.5, 0.6) is 5.75 Å². The van der Waals surface area contributed by atoms with Gasteiger partial charge in [0.25, 0.3) is 5.89 Å². The zero-order valence-corrected chi connectivity index (χ0v) is 10.6. The average Bonchev–Trinajstić information content (AvgIpc) is 2.66.